The Morgan fingerprint density at radius 3 is 2.77 bits per heavy atom. The topological polar surface area (TPSA) is 27.6 Å². The first-order valence-corrected chi connectivity index (χ1v) is 5.43. The Morgan fingerprint density at radius 2 is 2.23 bits per heavy atom. The Hall–Kier alpha value is -0.730. The van der Waals surface area contributed by atoms with Gasteiger partial charge in [-0.3, -0.25) is 4.99 Å². The number of nitrogens with one attached hydrogen (secondary N) is 1. The SMILES string of the molecule is CCC1CCN(C2=NCCN2)CC1. The van der Waals surface area contributed by atoms with Gasteiger partial charge >= 0.3 is 0 Å². The van der Waals surface area contributed by atoms with Crippen LogP contribution in [-0.2, 0) is 0 Å². The zero-order valence-corrected chi connectivity index (χ0v) is 8.42. The highest BCUT2D eigenvalue weighted by atomic mass is 15.3. The van der Waals surface area contributed by atoms with E-state index in [1.807, 2.05) is 0 Å². The lowest BCUT2D eigenvalue weighted by Gasteiger charge is -2.32. The van der Waals surface area contributed by atoms with Crippen molar-refractivity contribution >= 4 is 5.96 Å². The third-order valence-corrected chi connectivity index (χ3v) is 3.15. The largest absolute Gasteiger partial charge is 0.354 e. The lowest BCUT2D eigenvalue weighted by molar-refractivity contribution is 0.257. The predicted octanol–water partition coefficient (Wildman–Crippen LogP) is 1.07. The van der Waals surface area contributed by atoms with E-state index in [0.717, 1.165) is 25.0 Å². The zero-order chi connectivity index (χ0) is 9.10. The van der Waals surface area contributed by atoms with E-state index < -0.39 is 0 Å². The molecule has 0 amide bonds. The first kappa shape index (κ1) is 8.85. The van der Waals surface area contributed by atoms with Crippen molar-refractivity contribution < 1.29 is 0 Å². The Balaban J connectivity index is 1.83. The van der Waals surface area contributed by atoms with E-state index in [0.29, 0.717) is 0 Å². The van der Waals surface area contributed by atoms with Crippen molar-refractivity contribution in [1.29, 1.82) is 0 Å². The highest BCUT2D eigenvalue weighted by Gasteiger charge is 2.21. The van der Waals surface area contributed by atoms with Crippen molar-refractivity contribution in [2.75, 3.05) is 26.2 Å². The van der Waals surface area contributed by atoms with Gasteiger partial charge in [0.25, 0.3) is 0 Å². The van der Waals surface area contributed by atoms with E-state index in [-0.39, 0.29) is 0 Å². The standard InChI is InChI=1S/C10H19N3/c1-2-9-3-7-13(8-4-9)10-11-5-6-12-10/h9H,2-8H2,1H3,(H,11,12). The summed E-state index contributed by atoms with van der Waals surface area (Å²) in [7, 11) is 0. The summed E-state index contributed by atoms with van der Waals surface area (Å²) in [5, 5.41) is 3.34. The van der Waals surface area contributed by atoms with Gasteiger partial charge in [-0.25, -0.2) is 0 Å². The molecule has 2 aliphatic rings. The summed E-state index contributed by atoms with van der Waals surface area (Å²) in [6, 6.07) is 0. The van der Waals surface area contributed by atoms with E-state index in [2.05, 4.69) is 22.1 Å². The Morgan fingerprint density at radius 1 is 1.46 bits per heavy atom. The smallest absolute Gasteiger partial charge is 0.194 e. The number of guanidine groups is 1. The summed E-state index contributed by atoms with van der Waals surface area (Å²) in [5.74, 6) is 2.10. The normalized spacial score (nSPS) is 24.4. The molecule has 0 atom stereocenters. The molecule has 13 heavy (non-hydrogen) atoms. The highest BCUT2D eigenvalue weighted by molar-refractivity contribution is 5.81. The van der Waals surface area contributed by atoms with Gasteiger partial charge in [-0.15, -0.1) is 0 Å². The van der Waals surface area contributed by atoms with Crippen LogP contribution < -0.4 is 5.32 Å². The molecule has 1 N–H and O–H groups in total. The van der Waals surface area contributed by atoms with Gasteiger partial charge in [-0.05, 0) is 18.8 Å². The molecule has 0 unspecified atom stereocenters. The van der Waals surface area contributed by atoms with Crippen LogP contribution >= 0.6 is 0 Å². The number of hydrogen-bond acceptors (Lipinski definition) is 3. The van der Waals surface area contributed by atoms with Crippen LogP contribution in [0.25, 0.3) is 0 Å². The molecule has 1 fully saturated rings. The molecule has 0 radical (unpaired) electrons. The summed E-state index contributed by atoms with van der Waals surface area (Å²) in [5.41, 5.74) is 0. The molecule has 3 nitrogen and oxygen atoms in total. The van der Waals surface area contributed by atoms with Gasteiger partial charge in [-0.1, -0.05) is 13.3 Å². The number of piperidine rings is 1. The third-order valence-electron chi connectivity index (χ3n) is 3.15. The van der Waals surface area contributed by atoms with Gasteiger partial charge < -0.3 is 10.2 Å². The molecule has 2 rings (SSSR count). The third kappa shape index (κ3) is 1.95. The maximum absolute atomic E-state index is 4.44. The Labute approximate surface area is 80.2 Å². The van der Waals surface area contributed by atoms with Crippen molar-refractivity contribution in [1.82, 2.24) is 10.2 Å². The van der Waals surface area contributed by atoms with Gasteiger partial charge in [0.15, 0.2) is 5.96 Å². The van der Waals surface area contributed by atoms with Crippen molar-refractivity contribution in [3.63, 3.8) is 0 Å². The van der Waals surface area contributed by atoms with Crippen LogP contribution in [-0.4, -0.2) is 37.0 Å². The molecule has 0 aliphatic carbocycles. The highest BCUT2D eigenvalue weighted by Crippen LogP contribution is 2.20. The summed E-state index contributed by atoms with van der Waals surface area (Å²) < 4.78 is 0. The Bertz CT molecular complexity index is 192. The van der Waals surface area contributed by atoms with Gasteiger partial charge in [0.2, 0.25) is 0 Å². The summed E-state index contributed by atoms with van der Waals surface area (Å²) in [4.78, 5) is 6.84. The molecule has 0 saturated carbocycles. The second-order valence-electron chi connectivity index (χ2n) is 3.97. The molecule has 0 aromatic heterocycles. The zero-order valence-electron chi connectivity index (χ0n) is 8.42. The van der Waals surface area contributed by atoms with Crippen LogP contribution in [0.3, 0.4) is 0 Å². The number of likely N-dealkylation sites (tertiary alicyclic amines) is 1. The monoisotopic (exact) mass is 181 g/mol. The minimum absolute atomic E-state index is 0.957. The van der Waals surface area contributed by atoms with Crippen molar-refractivity contribution in [2.24, 2.45) is 10.9 Å². The van der Waals surface area contributed by atoms with E-state index >= 15 is 0 Å². The number of aliphatic imine (C=N–C) groups is 1. The second kappa shape index (κ2) is 3.99. The number of rotatable bonds is 1. The van der Waals surface area contributed by atoms with Gasteiger partial charge in [-0.2, -0.15) is 0 Å². The number of nitrogens with zero attached hydrogens (tertiary/aromatic N) is 2. The van der Waals surface area contributed by atoms with E-state index in [4.69, 9.17) is 0 Å². The average Bonchev–Trinajstić information content (AvgIpc) is 2.71. The fourth-order valence-electron chi connectivity index (χ4n) is 2.15. The minimum Gasteiger partial charge on any atom is -0.354 e. The van der Waals surface area contributed by atoms with Crippen molar-refractivity contribution in [3.05, 3.63) is 0 Å². The lowest BCUT2D eigenvalue weighted by atomic mass is 9.95. The first-order chi connectivity index (χ1) is 6.40. The maximum atomic E-state index is 4.44. The lowest BCUT2D eigenvalue weighted by Crippen LogP contribution is -2.43. The van der Waals surface area contributed by atoms with E-state index in [1.54, 1.807) is 0 Å². The van der Waals surface area contributed by atoms with E-state index in [9.17, 15) is 0 Å². The van der Waals surface area contributed by atoms with Crippen LogP contribution in [0.1, 0.15) is 26.2 Å². The molecule has 0 aromatic carbocycles. The van der Waals surface area contributed by atoms with Crippen molar-refractivity contribution in [2.45, 2.75) is 26.2 Å². The van der Waals surface area contributed by atoms with Crippen LogP contribution in [0.4, 0.5) is 0 Å². The quantitative estimate of drug-likeness (QED) is 0.655. The van der Waals surface area contributed by atoms with Crippen molar-refractivity contribution in [3.8, 4) is 0 Å². The molecule has 2 heterocycles. The number of hydrogen-bond donors (Lipinski definition) is 1. The minimum atomic E-state index is 0.957. The maximum Gasteiger partial charge on any atom is 0.194 e. The molecule has 2 aliphatic heterocycles. The summed E-state index contributed by atoms with van der Waals surface area (Å²) in [6.45, 7) is 6.69. The van der Waals surface area contributed by atoms with Crippen LogP contribution in [0.2, 0.25) is 0 Å². The van der Waals surface area contributed by atoms with Crippen LogP contribution in [0.5, 0.6) is 0 Å². The fourth-order valence-corrected chi connectivity index (χ4v) is 2.15. The molecule has 0 spiro atoms. The van der Waals surface area contributed by atoms with Crippen LogP contribution in [0, 0.1) is 5.92 Å². The average molecular weight is 181 g/mol. The molecule has 74 valence electrons. The van der Waals surface area contributed by atoms with Crippen LogP contribution in [0.15, 0.2) is 4.99 Å². The molecular weight excluding hydrogens is 162 g/mol. The van der Waals surface area contributed by atoms with E-state index in [1.165, 1.54) is 32.4 Å². The molecule has 0 bridgehead atoms. The van der Waals surface area contributed by atoms with Gasteiger partial charge in [0, 0.05) is 19.6 Å². The molecule has 3 heteroatoms. The molecule has 1 saturated heterocycles. The van der Waals surface area contributed by atoms with Gasteiger partial charge in [0.1, 0.15) is 0 Å². The molecular formula is C10H19N3. The second-order valence-corrected chi connectivity index (χ2v) is 3.97. The van der Waals surface area contributed by atoms with Gasteiger partial charge in [0.05, 0.1) is 6.54 Å². The fraction of sp³-hybridized carbons (Fsp3) is 0.900. The first-order valence-electron chi connectivity index (χ1n) is 5.43. The summed E-state index contributed by atoms with van der Waals surface area (Å²) in [6.07, 6.45) is 4.03. The molecule has 0 aromatic rings. The Kier molecular flexibility index (Phi) is 2.71. The summed E-state index contributed by atoms with van der Waals surface area (Å²) >= 11 is 0. The predicted molar refractivity (Wildman–Crippen MR) is 54.9 cm³/mol.